The molecule has 1 saturated heterocycles. The van der Waals surface area contributed by atoms with E-state index in [2.05, 4.69) is 15.9 Å². The van der Waals surface area contributed by atoms with Gasteiger partial charge in [0.25, 0.3) is 11.8 Å². The van der Waals surface area contributed by atoms with Crippen molar-refractivity contribution >= 4 is 51.1 Å². The number of halogens is 2. The molecule has 0 saturated carbocycles. The summed E-state index contributed by atoms with van der Waals surface area (Å²) in [6, 6.07) is 1.33. The minimum Gasteiger partial charge on any atom is -0.474 e. The number of hydrogen-bond donors (Lipinski definition) is 0. The zero-order valence-corrected chi connectivity index (χ0v) is 27.3. The highest BCUT2D eigenvalue weighted by molar-refractivity contribution is 9.10. The van der Waals surface area contributed by atoms with Crippen molar-refractivity contribution in [3.05, 3.63) is 21.1 Å². The Morgan fingerprint density at radius 1 is 1.27 bits per heavy atom. The Labute approximate surface area is 251 Å². The number of ether oxygens (including phenoxy) is 3. The van der Waals surface area contributed by atoms with Crippen LogP contribution in [-0.2, 0) is 14.3 Å². The van der Waals surface area contributed by atoms with Crippen LogP contribution in [0.3, 0.4) is 0 Å². The van der Waals surface area contributed by atoms with Crippen LogP contribution in [0.4, 0.5) is 10.5 Å². The molecule has 2 heterocycles. The van der Waals surface area contributed by atoms with Gasteiger partial charge in [-0.05, 0) is 96.1 Å². The number of nitrogens with zero attached hydrogens (tertiary/aromatic N) is 3. The maximum atomic E-state index is 14.2. The third-order valence-corrected chi connectivity index (χ3v) is 8.41. The molecule has 3 rings (SSSR count). The minimum atomic E-state index is -1.11. The Morgan fingerprint density at radius 2 is 1.95 bits per heavy atom. The fourth-order valence-corrected chi connectivity index (χ4v) is 5.86. The second-order valence-electron chi connectivity index (χ2n) is 12.2. The van der Waals surface area contributed by atoms with Gasteiger partial charge in [0.05, 0.1) is 26.8 Å². The molecule has 1 fully saturated rings. The number of amides is 3. The number of benzene rings is 1. The standard InChI is InChI=1S/C29H43BrClN3O6/c1-18(2)34(19-12-11-13-32(17-19)27(37)40-28(3,4)5)25(35)20-16-21-24(23(31)22(20)30)39-29(6,7)26(36)33(21)14-9-10-15-38-8/h16,18-19H,9-15,17H2,1-8H3/t19-/m1/s1. The minimum absolute atomic E-state index is 0.153. The van der Waals surface area contributed by atoms with Gasteiger partial charge in [0.1, 0.15) is 5.60 Å². The summed E-state index contributed by atoms with van der Waals surface area (Å²) >= 11 is 10.4. The van der Waals surface area contributed by atoms with Crippen LogP contribution in [0.15, 0.2) is 10.5 Å². The van der Waals surface area contributed by atoms with Crippen LogP contribution in [0.5, 0.6) is 5.75 Å². The molecule has 0 spiro atoms. The lowest BCUT2D eigenvalue weighted by Crippen LogP contribution is -2.55. The van der Waals surface area contributed by atoms with Crippen LogP contribution in [0, 0.1) is 0 Å². The summed E-state index contributed by atoms with van der Waals surface area (Å²) in [6.07, 6.45) is 2.62. The summed E-state index contributed by atoms with van der Waals surface area (Å²) in [4.78, 5) is 45.6. The monoisotopic (exact) mass is 643 g/mol. The van der Waals surface area contributed by atoms with Gasteiger partial charge in [-0.1, -0.05) is 11.6 Å². The zero-order valence-electron chi connectivity index (χ0n) is 24.9. The van der Waals surface area contributed by atoms with Crippen LogP contribution in [0.1, 0.15) is 84.5 Å². The Bertz CT molecular complexity index is 1120. The van der Waals surface area contributed by atoms with Gasteiger partial charge in [-0.2, -0.15) is 0 Å². The third-order valence-electron chi connectivity index (χ3n) is 6.99. The van der Waals surface area contributed by atoms with Gasteiger partial charge < -0.3 is 28.9 Å². The van der Waals surface area contributed by atoms with E-state index in [1.807, 2.05) is 34.6 Å². The highest BCUT2D eigenvalue weighted by Crippen LogP contribution is 2.48. The van der Waals surface area contributed by atoms with E-state index in [0.717, 1.165) is 19.3 Å². The quantitative estimate of drug-likeness (QED) is 0.310. The van der Waals surface area contributed by atoms with E-state index in [-0.39, 0.29) is 35.0 Å². The molecule has 224 valence electrons. The second-order valence-corrected chi connectivity index (χ2v) is 13.4. The molecule has 1 aromatic carbocycles. The van der Waals surface area contributed by atoms with Gasteiger partial charge in [-0.3, -0.25) is 9.59 Å². The largest absolute Gasteiger partial charge is 0.474 e. The number of fused-ring (bicyclic) bond motifs is 1. The number of piperidine rings is 1. The van der Waals surface area contributed by atoms with Crippen molar-refractivity contribution in [2.24, 2.45) is 0 Å². The average Bonchev–Trinajstić information content (AvgIpc) is 2.85. The predicted molar refractivity (Wildman–Crippen MR) is 159 cm³/mol. The van der Waals surface area contributed by atoms with Gasteiger partial charge >= 0.3 is 6.09 Å². The second kappa shape index (κ2) is 12.9. The summed E-state index contributed by atoms with van der Waals surface area (Å²) in [7, 11) is 1.65. The molecule has 1 aromatic rings. The molecule has 11 heteroatoms. The molecule has 0 bridgehead atoms. The van der Waals surface area contributed by atoms with E-state index >= 15 is 0 Å². The Hall–Kier alpha value is -2.04. The van der Waals surface area contributed by atoms with E-state index in [1.165, 1.54) is 0 Å². The summed E-state index contributed by atoms with van der Waals surface area (Å²) in [6.45, 7) is 14.8. The van der Waals surface area contributed by atoms with E-state index in [1.54, 1.807) is 41.7 Å². The lowest BCUT2D eigenvalue weighted by Gasteiger charge is -2.42. The number of carbonyl (C=O) groups excluding carboxylic acids is 3. The molecule has 0 aliphatic carbocycles. The number of hydrogen-bond acceptors (Lipinski definition) is 6. The van der Waals surface area contributed by atoms with Gasteiger partial charge in [0, 0.05) is 39.4 Å². The van der Waals surface area contributed by atoms with Gasteiger partial charge in [-0.15, -0.1) is 0 Å². The Morgan fingerprint density at radius 3 is 2.55 bits per heavy atom. The number of unbranched alkanes of at least 4 members (excludes halogenated alkanes) is 1. The molecule has 0 N–H and O–H groups in total. The number of methoxy groups -OCH3 is 1. The first-order chi connectivity index (χ1) is 18.6. The van der Waals surface area contributed by atoms with Crippen molar-refractivity contribution in [1.82, 2.24) is 9.80 Å². The molecule has 0 unspecified atom stereocenters. The Kier molecular flexibility index (Phi) is 10.4. The van der Waals surface area contributed by atoms with Gasteiger partial charge in [-0.25, -0.2) is 4.79 Å². The molecule has 0 radical (unpaired) electrons. The van der Waals surface area contributed by atoms with E-state index in [0.29, 0.717) is 54.1 Å². The van der Waals surface area contributed by atoms with Gasteiger partial charge in [0.2, 0.25) is 0 Å². The van der Waals surface area contributed by atoms with Crippen molar-refractivity contribution in [1.29, 1.82) is 0 Å². The maximum absolute atomic E-state index is 14.2. The van der Waals surface area contributed by atoms with Crippen LogP contribution in [0.2, 0.25) is 5.02 Å². The van der Waals surface area contributed by atoms with Crippen molar-refractivity contribution in [2.45, 2.75) is 97.4 Å². The number of rotatable bonds is 8. The van der Waals surface area contributed by atoms with E-state index in [4.69, 9.17) is 25.8 Å². The fourth-order valence-electron chi connectivity index (χ4n) is 5.16. The summed E-state index contributed by atoms with van der Waals surface area (Å²) in [5.41, 5.74) is -0.905. The first kappa shape index (κ1) is 32.5. The smallest absolute Gasteiger partial charge is 0.410 e. The van der Waals surface area contributed by atoms with Gasteiger partial charge in [0.15, 0.2) is 11.4 Å². The molecule has 2 aliphatic rings. The lowest BCUT2D eigenvalue weighted by molar-refractivity contribution is -0.132. The number of anilines is 1. The molecule has 2 aliphatic heterocycles. The number of likely N-dealkylation sites (tertiary alicyclic amines) is 1. The number of carbonyl (C=O) groups is 3. The molecular formula is C29H43BrClN3O6. The van der Waals surface area contributed by atoms with Crippen LogP contribution < -0.4 is 9.64 Å². The third kappa shape index (κ3) is 7.23. The highest BCUT2D eigenvalue weighted by Gasteiger charge is 2.43. The van der Waals surface area contributed by atoms with Crippen LogP contribution >= 0.6 is 27.5 Å². The van der Waals surface area contributed by atoms with Crippen molar-refractivity contribution in [3.8, 4) is 5.75 Å². The van der Waals surface area contributed by atoms with Crippen LogP contribution in [0.25, 0.3) is 0 Å². The van der Waals surface area contributed by atoms with Crippen molar-refractivity contribution < 1.29 is 28.6 Å². The molecular weight excluding hydrogens is 602 g/mol. The van der Waals surface area contributed by atoms with Crippen molar-refractivity contribution in [3.63, 3.8) is 0 Å². The normalized spacial score (nSPS) is 18.9. The average molecular weight is 645 g/mol. The van der Waals surface area contributed by atoms with E-state index in [9.17, 15) is 14.4 Å². The molecule has 0 aromatic heterocycles. The lowest BCUT2D eigenvalue weighted by atomic mass is 9.99. The zero-order chi connectivity index (χ0) is 30.0. The maximum Gasteiger partial charge on any atom is 0.410 e. The van der Waals surface area contributed by atoms with E-state index < -0.39 is 11.2 Å². The summed E-state index contributed by atoms with van der Waals surface area (Å²) in [5, 5.41) is 0.242. The predicted octanol–water partition coefficient (Wildman–Crippen LogP) is 6.28. The molecule has 9 nitrogen and oxygen atoms in total. The van der Waals surface area contributed by atoms with Crippen LogP contribution in [-0.4, -0.2) is 84.3 Å². The Balaban J connectivity index is 1.97. The molecule has 3 amide bonds. The first-order valence-electron chi connectivity index (χ1n) is 13.9. The topological polar surface area (TPSA) is 88.6 Å². The SMILES string of the molecule is COCCCCN1C(=O)C(C)(C)Oc2c1cc(C(=O)N(C(C)C)[C@@H]1CCCN(C(=O)OC(C)(C)C)C1)c(Br)c2Cl. The highest BCUT2D eigenvalue weighted by atomic mass is 79.9. The first-order valence-corrected chi connectivity index (χ1v) is 15.1. The fraction of sp³-hybridized carbons (Fsp3) is 0.690. The summed E-state index contributed by atoms with van der Waals surface area (Å²) in [5.74, 6) is -0.0688. The molecule has 1 atom stereocenters. The van der Waals surface area contributed by atoms with Crippen molar-refractivity contribution in [2.75, 3.05) is 38.3 Å². The summed E-state index contributed by atoms with van der Waals surface area (Å²) < 4.78 is 17.3. The molecule has 40 heavy (non-hydrogen) atoms.